The number of carbonyl (C=O) groups excluding carboxylic acids is 2. The van der Waals surface area contributed by atoms with Crippen molar-refractivity contribution in [3.8, 4) is 0 Å². The van der Waals surface area contributed by atoms with E-state index in [2.05, 4.69) is 42.3 Å². The summed E-state index contributed by atoms with van der Waals surface area (Å²) in [4.78, 5) is 28.0. The van der Waals surface area contributed by atoms with Gasteiger partial charge in [-0.15, -0.1) is 0 Å². The molecule has 1 aliphatic rings. The summed E-state index contributed by atoms with van der Waals surface area (Å²) in [6.45, 7) is 8.78. The van der Waals surface area contributed by atoms with Crippen LogP contribution in [0.15, 0.2) is 42.5 Å². The Morgan fingerprint density at radius 2 is 1.58 bits per heavy atom. The van der Waals surface area contributed by atoms with E-state index in [0.717, 1.165) is 13.1 Å². The van der Waals surface area contributed by atoms with Gasteiger partial charge in [0.2, 0.25) is 5.91 Å². The van der Waals surface area contributed by atoms with Gasteiger partial charge in [-0.2, -0.15) is 0 Å². The van der Waals surface area contributed by atoms with E-state index in [1.807, 2.05) is 4.90 Å². The molecule has 3 rings (SSSR count). The molecule has 0 saturated carbocycles. The molecule has 1 aliphatic heterocycles. The smallest absolute Gasteiger partial charge is 0.253 e. The molecule has 0 radical (unpaired) electrons. The van der Waals surface area contributed by atoms with Crippen molar-refractivity contribution in [3.05, 3.63) is 59.2 Å². The minimum Gasteiger partial charge on any atom is -0.368 e. The van der Waals surface area contributed by atoms with E-state index in [0.29, 0.717) is 24.3 Å². The van der Waals surface area contributed by atoms with E-state index >= 15 is 0 Å². The van der Waals surface area contributed by atoms with Gasteiger partial charge in [0.1, 0.15) is 0 Å². The lowest BCUT2D eigenvalue weighted by Gasteiger charge is -2.37. The summed E-state index contributed by atoms with van der Waals surface area (Å²) < 4.78 is 0. The first kappa shape index (κ1) is 18.0. The van der Waals surface area contributed by atoms with Crippen LogP contribution < -0.4 is 10.2 Å². The molecule has 26 heavy (non-hydrogen) atoms. The second kappa shape index (κ2) is 7.60. The number of nitrogens with zero attached hydrogens (tertiary/aromatic N) is 2. The van der Waals surface area contributed by atoms with Crippen molar-refractivity contribution in [1.82, 2.24) is 4.90 Å². The van der Waals surface area contributed by atoms with Crippen LogP contribution in [0.4, 0.5) is 11.4 Å². The van der Waals surface area contributed by atoms with Gasteiger partial charge in [0.15, 0.2) is 0 Å². The zero-order chi connectivity index (χ0) is 18.7. The molecule has 0 spiro atoms. The largest absolute Gasteiger partial charge is 0.368 e. The van der Waals surface area contributed by atoms with Gasteiger partial charge >= 0.3 is 0 Å². The van der Waals surface area contributed by atoms with Crippen LogP contribution in [0, 0.1) is 13.8 Å². The fourth-order valence-corrected chi connectivity index (χ4v) is 3.29. The van der Waals surface area contributed by atoms with Gasteiger partial charge in [0.25, 0.3) is 5.91 Å². The highest BCUT2D eigenvalue weighted by Gasteiger charge is 2.23. The Morgan fingerprint density at radius 1 is 0.923 bits per heavy atom. The fraction of sp³-hybridized carbons (Fsp3) is 0.333. The number of hydrogen-bond donors (Lipinski definition) is 1. The summed E-state index contributed by atoms with van der Waals surface area (Å²) >= 11 is 0. The first-order valence-electron chi connectivity index (χ1n) is 8.93. The van der Waals surface area contributed by atoms with Crippen molar-refractivity contribution >= 4 is 23.2 Å². The highest BCUT2D eigenvalue weighted by atomic mass is 16.2. The van der Waals surface area contributed by atoms with E-state index in [-0.39, 0.29) is 11.8 Å². The van der Waals surface area contributed by atoms with Gasteiger partial charge in [-0.1, -0.05) is 12.1 Å². The second-order valence-corrected chi connectivity index (χ2v) is 6.83. The second-order valence-electron chi connectivity index (χ2n) is 6.83. The number of nitrogens with one attached hydrogen (secondary N) is 1. The minimum absolute atomic E-state index is 0.0417. The Balaban J connectivity index is 1.63. The van der Waals surface area contributed by atoms with Crippen molar-refractivity contribution in [3.63, 3.8) is 0 Å². The predicted octanol–water partition coefficient (Wildman–Crippen LogP) is 3.22. The molecular formula is C21H25N3O2. The molecule has 0 aromatic heterocycles. The Hall–Kier alpha value is -2.82. The van der Waals surface area contributed by atoms with Crippen molar-refractivity contribution in [2.24, 2.45) is 0 Å². The standard InChI is InChI=1S/C21H25N3O2/c1-15-4-5-16(2)20(14-15)23-10-12-24(13-11-23)21(26)18-6-8-19(9-7-18)22-17(3)25/h4-9,14H,10-13H2,1-3H3,(H,22,25). The summed E-state index contributed by atoms with van der Waals surface area (Å²) in [5.74, 6) is -0.0772. The van der Waals surface area contributed by atoms with Gasteiger partial charge in [0, 0.05) is 50.0 Å². The molecule has 136 valence electrons. The lowest BCUT2D eigenvalue weighted by atomic mass is 10.1. The van der Waals surface area contributed by atoms with Crippen LogP contribution in [0.25, 0.3) is 0 Å². The van der Waals surface area contributed by atoms with Gasteiger partial charge in [-0.05, 0) is 55.3 Å². The summed E-state index contributed by atoms with van der Waals surface area (Å²) in [6.07, 6.45) is 0. The minimum atomic E-state index is -0.119. The molecule has 0 aliphatic carbocycles. The average molecular weight is 351 g/mol. The van der Waals surface area contributed by atoms with Crippen LogP contribution in [0.5, 0.6) is 0 Å². The third-order valence-electron chi connectivity index (χ3n) is 4.72. The topological polar surface area (TPSA) is 52.7 Å². The van der Waals surface area contributed by atoms with Crippen LogP contribution in [0.3, 0.4) is 0 Å². The number of amides is 2. The molecule has 5 heteroatoms. The maximum absolute atomic E-state index is 12.7. The number of piperazine rings is 1. The maximum atomic E-state index is 12.7. The lowest BCUT2D eigenvalue weighted by Crippen LogP contribution is -2.49. The molecule has 1 N–H and O–H groups in total. The van der Waals surface area contributed by atoms with Crippen LogP contribution >= 0.6 is 0 Å². The molecule has 0 bridgehead atoms. The molecular weight excluding hydrogens is 326 g/mol. The number of rotatable bonds is 3. The van der Waals surface area contributed by atoms with Gasteiger partial charge in [-0.3, -0.25) is 9.59 Å². The summed E-state index contributed by atoms with van der Waals surface area (Å²) in [5.41, 5.74) is 5.14. The van der Waals surface area contributed by atoms with Crippen molar-refractivity contribution in [1.29, 1.82) is 0 Å². The van der Waals surface area contributed by atoms with Crippen molar-refractivity contribution < 1.29 is 9.59 Å². The monoisotopic (exact) mass is 351 g/mol. The molecule has 2 amide bonds. The number of hydrogen-bond acceptors (Lipinski definition) is 3. The lowest BCUT2D eigenvalue weighted by molar-refractivity contribution is -0.114. The number of carbonyl (C=O) groups is 2. The Labute approximate surface area is 154 Å². The van der Waals surface area contributed by atoms with Crippen molar-refractivity contribution in [2.45, 2.75) is 20.8 Å². The highest BCUT2D eigenvalue weighted by Crippen LogP contribution is 2.23. The highest BCUT2D eigenvalue weighted by molar-refractivity contribution is 5.95. The SMILES string of the molecule is CC(=O)Nc1ccc(C(=O)N2CCN(c3cc(C)ccc3C)CC2)cc1. The normalized spacial score (nSPS) is 14.3. The summed E-state index contributed by atoms with van der Waals surface area (Å²) in [7, 11) is 0. The number of aryl methyl sites for hydroxylation is 2. The van der Waals surface area contributed by atoms with Gasteiger partial charge in [0.05, 0.1) is 0 Å². The van der Waals surface area contributed by atoms with Crippen LogP contribution in [-0.4, -0.2) is 42.9 Å². The van der Waals surface area contributed by atoms with Gasteiger partial charge in [-0.25, -0.2) is 0 Å². The first-order chi connectivity index (χ1) is 12.4. The van der Waals surface area contributed by atoms with E-state index < -0.39 is 0 Å². The number of anilines is 2. The zero-order valence-electron chi connectivity index (χ0n) is 15.6. The van der Waals surface area contributed by atoms with Crippen LogP contribution in [0.1, 0.15) is 28.4 Å². The van der Waals surface area contributed by atoms with E-state index in [4.69, 9.17) is 0 Å². The molecule has 1 fully saturated rings. The fourth-order valence-electron chi connectivity index (χ4n) is 3.29. The molecule has 1 heterocycles. The summed E-state index contributed by atoms with van der Waals surface area (Å²) in [6, 6.07) is 13.6. The summed E-state index contributed by atoms with van der Waals surface area (Å²) in [5, 5.41) is 2.71. The molecule has 0 unspecified atom stereocenters. The molecule has 5 nitrogen and oxygen atoms in total. The van der Waals surface area contributed by atoms with E-state index in [9.17, 15) is 9.59 Å². The van der Waals surface area contributed by atoms with E-state index in [1.165, 1.54) is 23.7 Å². The van der Waals surface area contributed by atoms with E-state index in [1.54, 1.807) is 24.3 Å². The zero-order valence-corrected chi connectivity index (χ0v) is 15.6. The van der Waals surface area contributed by atoms with Crippen molar-refractivity contribution in [2.75, 3.05) is 36.4 Å². The Kier molecular flexibility index (Phi) is 5.26. The van der Waals surface area contributed by atoms with Crippen LogP contribution in [0.2, 0.25) is 0 Å². The van der Waals surface area contributed by atoms with Gasteiger partial charge < -0.3 is 15.1 Å². The first-order valence-corrected chi connectivity index (χ1v) is 8.93. The predicted molar refractivity (Wildman–Crippen MR) is 105 cm³/mol. The molecule has 2 aromatic rings. The molecule has 2 aromatic carbocycles. The number of benzene rings is 2. The molecule has 1 saturated heterocycles. The third-order valence-corrected chi connectivity index (χ3v) is 4.72. The quantitative estimate of drug-likeness (QED) is 0.924. The Morgan fingerprint density at radius 3 is 2.19 bits per heavy atom. The average Bonchev–Trinajstić information content (AvgIpc) is 2.63. The Bertz CT molecular complexity index is 807. The molecule has 0 atom stereocenters. The van der Waals surface area contributed by atoms with Crippen LogP contribution in [-0.2, 0) is 4.79 Å². The maximum Gasteiger partial charge on any atom is 0.253 e. The third kappa shape index (κ3) is 4.04.